The molecule has 0 saturated heterocycles. The molecule has 1 nitrogen and oxygen atoms in total. The first kappa shape index (κ1) is 11.7. The normalized spacial score (nSPS) is 8.67. The van der Waals surface area contributed by atoms with Crippen molar-refractivity contribution in [1.29, 1.82) is 0 Å². The van der Waals surface area contributed by atoms with Gasteiger partial charge in [-0.1, -0.05) is 30.3 Å². The molecule has 0 N–H and O–H groups in total. The Morgan fingerprint density at radius 2 is 1.50 bits per heavy atom. The van der Waals surface area contributed by atoms with Crippen molar-refractivity contribution in [1.82, 2.24) is 0 Å². The van der Waals surface area contributed by atoms with Gasteiger partial charge in [0.05, 0.1) is 0 Å². The van der Waals surface area contributed by atoms with Crippen LogP contribution in [-0.4, -0.2) is 26.0 Å². The van der Waals surface area contributed by atoms with Gasteiger partial charge in [-0.3, -0.25) is 4.79 Å². The van der Waals surface area contributed by atoms with Crippen molar-refractivity contribution < 1.29 is 4.79 Å². The molecule has 12 heavy (non-hydrogen) atoms. The van der Waals surface area contributed by atoms with Gasteiger partial charge in [-0.05, 0) is 0 Å². The summed E-state index contributed by atoms with van der Waals surface area (Å²) in [5.74, 6) is 0. The third kappa shape index (κ3) is 7.79. The van der Waals surface area contributed by atoms with E-state index in [4.69, 9.17) is 0 Å². The summed E-state index contributed by atoms with van der Waals surface area (Å²) in [6.07, 6.45) is 0.833. The zero-order chi connectivity index (χ0) is 9.40. The quantitative estimate of drug-likeness (QED) is 0.566. The molecule has 0 aromatic heterocycles. The van der Waals surface area contributed by atoms with Crippen LogP contribution >= 0.6 is 0 Å². The molecule has 0 radical (unpaired) electrons. The van der Waals surface area contributed by atoms with Gasteiger partial charge in [0.2, 0.25) is 0 Å². The number of carbonyl (C=O) groups is 1. The van der Waals surface area contributed by atoms with Crippen molar-refractivity contribution in [3.8, 4) is 0 Å². The Morgan fingerprint density at radius 1 is 1.08 bits per heavy atom. The molecule has 0 unspecified atom stereocenters. The molecular weight excluding hydrogens is 255 g/mol. The van der Waals surface area contributed by atoms with E-state index >= 15 is 0 Å². The zero-order valence-electron chi connectivity index (χ0n) is 7.95. The van der Waals surface area contributed by atoms with E-state index in [1.165, 1.54) is 0 Å². The summed E-state index contributed by atoms with van der Waals surface area (Å²) in [5, 5.41) is 0. The van der Waals surface area contributed by atoms with Gasteiger partial charge in [-0.25, -0.2) is 0 Å². The Morgan fingerprint density at radius 3 is 1.75 bits per heavy atom. The molecule has 0 atom stereocenters. The van der Waals surface area contributed by atoms with Crippen molar-refractivity contribution in [3.63, 3.8) is 0 Å². The third-order valence-electron chi connectivity index (χ3n) is 0.936. The first-order chi connectivity index (χ1) is 5.66. The number of rotatable bonds is 1. The Labute approximate surface area is 81.5 Å². The van der Waals surface area contributed by atoms with Gasteiger partial charge < -0.3 is 0 Å². The van der Waals surface area contributed by atoms with Gasteiger partial charge >= 0.3 is 34.6 Å². The van der Waals surface area contributed by atoms with E-state index in [1.807, 2.05) is 18.2 Å². The van der Waals surface area contributed by atoms with E-state index < -0.39 is 19.8 Å². The number of hydrogen-bond donors (Lipinski definition) is 0. The molecule has 0 aliphatic carbocycles. The SMILES string of the molecule is O=Cc1ccccc1.[CH3][SnH]([CH3])[CH3]. The van der Waals surface area contributed by atoms with Crippen molar-refractivity contribution in [3.05, 3.63) is 35.9 Å². The van der Waals surface area contributed by atoms with Crippen LogP contribution in [0.25, 0.3) is 0 Å². The molecule has 0 fully saturated rings. The summed E-state index contributed by atoms with van der Waals surface area (Å²) >= 11 is -0.637. The predicted octanol–water partition coefficient (Wildman–Crippen LogP) is 2.60. The van der Waals surface area contributed by atoms with Crippen molar-refractivity contribution in [2.75, 3.05) is 0 Å². The summed E-state index contributed by atoms with van der Waals surface area (Å²) in [5.41, 5.74) is 0.729. The second-order valence-electron chi connectivity index (χ2n) is 3.26. The Hall–Kier alpha value is -0.311. The van der Waals surface area contributed by atoms with Crippen LogP contribution in [0.3, 0.4) is 0 Å². The van der Waals surface area contributed by atoms with Crippen molar-refractivity contribution in [2.45, 2.75) is 14.8 Å². The van der Waals surface area contributed by atoms with Gasteiger partial charge in [0.1, 0.15) is 6.29 Å². The first-order valence-electron chi connectivity index (χ1n) is 4.17. The van der Waals surface area contributed by atoms with Crippen LogP contribution < -0.4 is 0 Å². The Balaban J connectivity index is 0.000000261. The minimum absolute atomic E-state index is 0.637. The van der Waals surface area contributed by atoms with Gasteiger partial charge in [0.15, 0.2) is 0 Å². The fourth-order valence-electron chi connectivity index (χ4n) is 0.532. The number of carbonyl (C=O) groups excluding carboxylic acids is 1. The maximum absolute atomic E-state index is 10.0. The molecule has 0 heterocycles. The van der Waals surface area contributed by atoms with E-state index in [0.29, 0.717) is 0 Å². The second-order valence-corrected chi connectivity index (χ2v) is 13.1. The van der Waals surface area contributed by atoms with Gasteiger partial charge in [0.25, 0.3) is 0 Å². The van der Waals surface area contributed by atoms with Crippen LogP contribution in [0.4, 0.5) is 0 Å². The molecule has 0 bridgehead atoms. The summed E-state index contributed by atoms with van der Waals surface area (Å²) in [4.78, 5) is 17.1. The molecule has 66 valence electrons. The Kier molecular flexibility index (Phi) is 7.15. The van der Waals surface area contributed by atoms with E-state index in [0.717, 1.165) is 11.8 Å². The van der Waals surface area contributed by atoms with Crippen LogP contribution in [-0.2, 0) is 0 Å². The molecule has 0 spiro atoms. The molecule has 1 aromatic carbocycles. The van der Waals surface area contributed by atoms with Gasteiger partial charge in [-0.2, -0.15) is 0 Å². The molecular formula is C10H16OSn. The van der Waals surface area contributed by atoms with Crippen LogP contribution in [0, 0.1) is 0 Å². The molecule has 1 rings (SSSR count). The molecule has 0 saturated carbocycles. The average Bonchev–Trinajstić information content (AvgIpc) is 2.05. The maximum atomic E-state index is 10.0. The zero-order valence-corrected chi connectivity index (χ0v) is 11.2. The standard InChI is InChI=1S/C7H6O.3CH3.Sn.H/c8-6-7-4-2-1-3-5-7;;;;;/h1-6H;3*1H3;;. The van der Waals surface area contributed by atoms with E-state index in [1.54, 1.807) is 12.1 Å². The minimum atomic E-state index is -0.637. The predicted molar refractivity (Wildman–Crippen MR) is 56.6 cm³/mol. The molecule has 2 heteroatoms. The molecule has 0 amide bonds. The monoisotopic (exact) mass is 272 g/mol. The molecule has 0 aliphatic rings. The fourth-order valence-corrected chi connectivity index (χ4v) is 0.532. The van der Waals surface area contributed by atoms with Crippen molar-refractivity contribution >= 4 is 26.0 Å². The van der Waals surface area contributed by atoms with Crippen LogP contribution in [0.2, 0.25) is 14.8 Å². The summed E-state index contributed by atoms with van der Waals surface area (Å²) in [6, 6.07) is 9.10. The third-order valence-corrected chi connectivity index (χ3v) is 0.936. The summed E-state index contributed by atoms with van der Waals surface area (Å²) in [7, 11) is 0. The summed E-state index contributed by atoms with van der Waals surface area (Å²) in [6.45, 7) is 0. The number of hydrogen-bond acceptors (Lipinski definition) is 1. The van der Waals surface area contributed by atoms with E-state index in [-0.39, 0.29) is 0 Å². The topological polar surface area (TPSA) is 17.1 Å². The summed E-state index contributed by atoms with van der Waals surface area (Å²) < 4.78 is 0. The number of aldehydes is 1. The average molecular weight is 271 g/mol. The Bertz CT molecular complexity index is 204. The fraction of sp³-hybridized carbons (Fsp3) is 0.300. The van der Waals surface area contributed by atoms with E-state index in [9.17, 15) is 4.79 Å². The van der Waals surface area contributed by atoms with Crippen LogP contribution in [0.5, 0.6) is 0 Å². The van der Waals surface area contributed by atoms with Crippen LogP contribution in [0.15, 0.2) is 30.3 Å². The molecule has 0 aliphatic heterocycles. The molecule has 1 aromatic rings. The van der Waals surface area contributed by atoms with Crippen LogP contribution in [0.1, 0.15) is 10.4 Å². The van der Waals surface area contributed by atoms with Gasteiger partial charge in [-0.15, -0.1) is 0 Å². The van der Waals surface area contributed by atoms with Gasteiger partial charge in [0, 0.05) is 5.56 Å². The van der Waals surface area contributed by atoms with Crippen molar-refractivity contribution in [2.24, 2.45) is 0 Å². The first-order valence-corrected chi connectivity index (χ1v) is 14.1. The number of benzene rings is 1. The van der Waals surface area contributed by atoms with E-state index in [2.05, 4.69) is 14.8 Å². The second kappa shape index (κ2) is 7.34.